The molecule has 0 fully saturated rings. The Balaban J connectivity index is 1.82. The molecule has 0 radical (unpaired) electrons. The standard InChI is InChI=1S/C16H16N6OS/c1-10(2)13-14(20-16-17-9-19-22(16)15(13)23)11-6-18-21(7-11)8-12-4-3-5-24-12/h3-7,9-10H,8H2,1-2H3,(H,17,19,20). The minimum Gasteiger partial charge on any atom is -0.323 e. The fraction of sp³-hybridized carbons (Fsp3) is 0.250. The van der Waals surface area contributed by atoms with Crippen molar-refractivity contribution in [2.75, 3.05) is 0 Å². The van der Waals surface area contributed by atoms with Crippen LogP contribution in [0.25, 0.3) is 17.0 Å². The highest BCUT2D eigenvalue weighted by molar-refractivity contribution is 7.09. The molecule has 4 rings (SSSR count). The van der Waals surface area contributed by atoms with E-state index >= 15 is 0 Å². The molecule has 0 bridgehead atoms. The van der Waals surface area contributed by atoms with Gasteiger partial charge in [0, 0.05) is 22.2 Å². The van der Waals surface area contributed by atoms with Gasteiger partial charge in [-0.15, -0.1) is 11.3 Å². The number of thiophene rings is 1. The molecule has 0 aliphatic carbocycles. The summed E-state index contributed by atoms with van der Waals surface area (Å²) in [7, 11) is 0. The van der Waals surface area contributed by atoms with Crippen molar-refractivity contribution in [3.63, 3.8) is 0 Å². The molecule has 0 aliphatic rings. The molecule has 4 heterocycles. The fourth-order valence-electron chi connectivity index (χ4n) is 2.78. The van der Waals surface area contributed by atoms with Gasteiger partial charge in [0.1, 0.15) is 6.33 Å². The first-order valence-electron chi connectivity index (χ1n) is 7.64. The summed E-state index contributed by atoms with van der Waals surface area (Å²) in [5.74, 6) is 0.489. The summed E-state index contributed by atoms with van der Waals surface area (Å²) in [6.07, 6.45) is 5.10. The Bertz CT molecular complexity index is 1040. The van der Waals surface area contributed by atoms with Crippen molar-refractivity contribution in [1.82, 2.24) is 29.4 Å². The lowest BCUT2D eigenvalue weighted by molar-refractivity contribution is 0.695. The van der Waals surface area contributed by atoms with Gasteiger partial charge in [0.05, 0.1) is 18.4 Å². The van der Waals surface area contributed by atoms with Gasteiger partial charge in [-0.05, 0) is 17.4 Å². The molecule has 4 aromatic heterocycles. The van der Waals surface area contributed by atoms with Crippen LogP contribution in [0, 0.1) is 0 Å². The van der Waals surface area contributed by atoms with Gasteiger partial charge in [0.2, 0.25) is 5.78 Å². The van der Waals surface area contributed by atoms with Crippen molar-refractivity contribution >= 4 is 17.1 Å². The summed E-state index contributed by atoms with van der Waals surface area (Å²) in [6, 6.07) is 4.10. The van der Waals surface area contributed by atoms with E-state index in [2.05, 4.69) is 26.2 Å². The first kappa shape index (κ1) is 14.8. The molecule has 0 unspecified atom stereocenters. The fourth-order valence-corrected chi connectivity index (χ4v) is 3.48. The highest BCUT2D eigenvalue weighted by Gasteiger charge is 2.18. The predicted molar refractivity (Wildman–Crippen MR) is 92.3 cm³/mol. The van der Waals surface area contributed by atoms with Crippen LogP contribution < -0.4 is 5.56 Å². The largest absolute Gasteiger partial charge is 0.323 e. The normalized spacial score (nSPS) is 11.6. The van der Waals surface area contributed by atoms with Gasteiger partial charge in [-0.1, -0.05) is 19.9 Å². The van der Waals surface area contributed by atoms with E-state index in [1.54, 1.807) is 17.5 Å². The molecule has 8 heteroatoms. The topological polar surface area (TPSA) is 80.9 Å². The summed E-state index contributed by atoms with van der Waals surface area (Å²) in [5.41, 5.74) is 2.17. The third-order valence-electron chi connectivity index (χ3n) is 3.87. The second-order valence-electron chi connectivity index (χ2n) is 5.87. The number of fused-ring (bicyclic) bond motifs is 1. The van der Waals surface area contributed by atoms with Crippen molar-refractivity contribution in [2.24, 2.45) is 0 Å². The maximum Gasteiger partial charge on any atom is 0.279 e. The zero-order chi connectivity index (χ0) is 16.7. The molecule has 0 aromatic carbocycles. The summed E-state index contributed by atoms with van der Waals surface area (Å²) in [5, 5.41) is 10.5. The number of hydrogen-bond donors (Lipinski definition) is 1. The van der Waals surface area contributed by atoms with Gasteiger partial charge >= 0.3 is 0 Å². The molecule has 1 N–H and O–H groups in total. The van der Waals surface area contributed by atoms with E-state index in [1.165, 1.54) is 15.7 Å². The van der Waals surface area contributed by atoms with Crippen molar-refractivity contribution in [3.05, 3.63) is 57.0 Å². The Kier molecular flexibility index (Phi) is 3.53. The maximum absolute atomic E-state index is 12.7. The van der Waals surface area contributed by atoms with Crippen molar-refractivity contribution in [3.8, 4) is 11.3 Å². The van der Waals surface area contributed by atoms with Crippen LogP contribution in [-0.4, -0.2) is 29.4 Å². The van der Waals surface area contributed by atoms with Crippen molar-refractivity contribution < 1.29 is 0 Å². The van der Waals surface area contributed by atoms with Gasteiger partial charge in [-0.2, -0.15) is 19.7 Å². The highest BCUT2D eigenvalue weighted by atomic mass is 32.1. The van der Waals surface area contributed by atoms with Crippen molar-refractivity contribution in [1.29, 1.82) is 0 Å². The first-order valence-corrected chi connectivity index (χ1v) is 8.52. The summed E-state index contributed by atoms with van der Waals surface area (Å²) < 4.78 is 3.17. The SMILES string of the molecule is CC(C)c1c(-c2cnn(Cc3cccs3)c2)[nH]c2ncnn2c1=O. The molecule has 0 aliphatic heterocycles. The monoisotopic (exact) mass is 340 g/mol. The van der Waals surface area contributed by atoms with Crippen LogP contribution in [0.1, 0.15) is 30.2 Å². The average molecular weight is 340 g/mol. The molecule has 0 atom stereocenters. The maximum atomic E-state index is 12.7. The molecule has 0 saturated carbocycles. The average Bonchev–Trinajstić information content (AvgIpc) is 3.27. The van der Waals surface area contributed by atoms with Gasteiger partial charge < -0.3 is 4.98 Å². The smallest absolute Gasteiger partial charge is 0.279 e. The molecular formula is C16H16N6OS. The quantitative estimate of drug-likeness (QED) is 0.619. The number of rotatable bonds is 4. The van der Waals surface area contributed by atoms with Crippen LogP contribution in [0.5, 0.6) is 0 Å². The zero-order valence-corrected chi connectivity index (χ0v) is 14.1. The summed E-state index contributed by atoms with van der Waals surface area (Å²) in [6.45, 7) is 4.70. The Morgan fingerprint density at radius 2 is 2.21 bits per heavy atom. The number of nitrogens with one attached hydrogen (secondary N) is 1. The Morgan fingerprint density at radius 3 is 2.96 bits per heavy atom. The Hall–Kier alpha value is -2.74. The minimum absolute atomic E-state index is 0.0537. The van der Waals surface area contributed by atoms with Gasteiger partial charge in [-0.25, -0.2) is 0 Å². The Morgan fingerprint density at radius 1 is 1.33 bits per heavy atom. The van der Waals surface area contributed by atoms with E-state index in [1.807, 2.05) is 36.2 Å². The summed E-state index contributed by atoms with van der Waals surface area (Å²) >= 11 is 1.70. The molecule has 0 spiro atoms. The number of nitrogens with zero attached hydrogens (tertiary/aromatic N) is 5. The lowest BCUT2D eigenvalue weighted by atomic mass is 10.0. The van der Waals surface area contributed by atoms with Crippen LogP contribution >= 0.6 is 11.3 Å². The van der Waals surface area contributed by atoms with E-state index < -0.39 is 0 Å². The van der Waals surface area contributed by atoms with Gasteiger partial charge in [0.15, 0.2) is 0 Å². The Labute approximate surface area is 141 Å². The van der Waals surface area contributed by atoms with E-state index in [0.717, 1.165) is 11.3 Å². The molecule has 4 aromatic rings. The lowest BCUT2D eigenvalue weighted by Gasteiger charge is -2.10. The molecule has 0 saturated heterocycles. The molecule has 24 heavy (non-hydrogen) atoms. The van der Waals surface area contributed by atoms with E-state index in [-0.39, 0.29) is 11.5 Å². The second kappa shape index (κ2) is 5.72. The van der Waals surface area contributed by atoms with Crippen LogP contribution in [-0.2, 0) is 6.54 Å². The molecule has 122 valence electrons. The van der Waals surface area contributed by atoms with E-state index in [0.29, 0.717) is 17.9 Å². The third kappa shape index (κ3) is 2.44. The minimum atomic E-state index is -0.141. The number of aromatic amines is 1. The molecule has 0 amide bonds. The number of aromatic nitrogens is 6. The zero-order valence-electron chi connectivity index (χ0n) is 13.3. The second-order valence-corrected chi connectivity index (χ2v) is 6.91. The van der Waals surface area contributed by atoms with Crippen LogP contribution in [0.2, 0.25) is 0 Å². The van der Waals surface area contributed by atoms with Gasteiger partial charge in [0.25, 0.3) is 5.56 Å². The third-order valence-corrected chi connectivity index (χ3v) is 4.74. The number of H-pyrrole nitrogens is 1. The molecule has 7 nitrogen and oxygen atoms in total. The highest BCUT2D eigenvalue weighted by Crippen LogP contribution is 2.25. The predicted octanol–water partition coefficient (Wildman–Crippen LogP) is 2.51. The molecular weight excluding hydrogens is 324 g/mol. The lowest BCUT2D eigenvalue weighted by Crippen LogP contribution is -2.22. The van der Waals surface area contributed by atoms with Crippen LogP contribution in [0.3, 0.4) is 0 Å². The van der Waals surface area contributed by atoms with E-state index in [9.17, 15) is 4.79 Å². The van der Waals surface area contributed by atoms with E-state index in [4.69, 9.17) is 0 Å². The first-order chi connectivity index (χ1) is 11.6. The van der Waals surface area contributed by atoms with Crippen LogP contribution in [0.4, 0.5) is 0 Å². The number of hydrogen-bond acceptors (Lipinski definition) is 5. The van der Waals surface area contributed by atoms with Crippen molar-refractivity contribution in [2.45, 2.75) is 26.3 Å². The van der Waals surface area contributed by atoms with Gasteiger partial charge in [-0.3, -0.25) is 9.48 Å². The van der Waals surface area contributed by atoms with Crippen LogP contribution in [0.15, 0.2) is 41.0 Å². The summed E-state index contributed by atoms with van der Waals surface area (Å²) in [4.78, 5) is 21.3.